The number of hydrogen-bond acceptors (Lipinski definition) is 4. The molecule has 0 amide bonds. The maximum absolute atomic E-state index is 11.2. The average Bonchev–Trinajstić information content (AvgIpc) is 2.97. The Balaban J connectivity index is 0.00000320. The first-order valence-electron chi connectivity index (χ1n) is 10.1. The van der Waals surface area contributed by atoms with E-state index in [0.717, 1.165) is 18.4 Å². The minimum Gasteiger partial charge on any atom is -0.396 e. The van der Waals surface area contributed by atoms with Gasteiger partial charge in [-0.15, -0.1) is 17.7 Å². The van der Waals surface area contributed by atoms with Crippen LogP contribution in [0.5, 0.6) is 0 Å². The van der Waals surface area contributed by atoms with E-state index in [0.29, 0.717) is 31.2 Å². The van der Waals surface area contributed by atoms with Crippen LogP contribution >= 0.6 is 11.6 Å². The molecule has 1 fully saturated rings. The zero-order chi connectivity index (χ0) is 20.8. The molecular formula is C23H27ClNO4Y-. The summed E-state index contributed by atoms with van der Waals surface area (Å²) in [6.07, 6.45) is 3.66. The van der Waals surface area contributed by atoms with Gasteiger partial charge in [0.1, 0.15) is 0 Å². The Morgan fingerprint density at radius 1 is 1.13 bits per heavy atom. The van der Waals surface area contributed by atoms with E-state index in [1.807, 2.05) is 12.1 Å². The zero-order valence-corrected chi connectivity index (χ0v) is 20.5. The normalized spacial score (nSPS) is 23.2. The fraction of sp³-hybridized carbons (Fsp3) is 0.478. The van der Waals surface area contributed by atoms with Gasteiger partial charge in [-0.3, -0.25) is 10.1 Å². The Labute approximate surface area is 207 Å². The Morgan fingerprint density at radius 2 is 1.83 bits per heavy atom. The van der Waals surface area contributed by atoms with E-state index < -0.39 is 6.10 Å². The van der Waals surface area contributed by atoms with Gasteiger partial charge < -0.3 is 10.2 Å². The van der Waals surface area contributed by atoms with Gasteiger partial charge in [-0.05, 0) is 61.5 Å². The van der Waals surface area contributed by atoms with Crippen LogP contribution in [0.2, 0.25) is 0 Å². The molecule has 0 saturated heterocycles. The number of alkyl halides is 1. The van der Waals surface area contributed by atoms with E-state index in [1.54, 1.807) is 12.1 Å². The van der Waals surface area contributed by atoms with E-state index in [9.17, 15) is 15.2 Å². The molecule has 4 atom stereocenters. The number of hydrogen-bond donors (Lipinski definition) is 2. The molecule has 2 N–H and O–H groups in total. The van der Waals surface area contributed by atoms with Crippen molar-refractivity contribution in [2.24, 2.45) is 11.8 Å². The molecule has 0 spiro atoms. The summed E-state index contributed by atoms with van der Waals surface area (Å²) >= 11 is 6.57. The number of benzene rings is 2. The summed E-state index contributed by atoms with van der Waals surface area (Å²) in [4.78, 5) is 10.9. The topological polar surface area (TPSA) is 83.6 Å². The van der Waals surface area contributed by atoms with Crippen molar-refractivity contribution in [1.82, 2.24) is 0 Å². The second-order valence-electron chi connectivity index (χ2n) is 7.83. The zero-order valence-electron chi connectivity index (χ0n) is 16.9. The Hall–Kier alpha value is -0.846. The number of aliphatic hydroxyl groups excluding tert-OH is 2. The molecule has 1 aliphatic carbocycles. The van der Waals surface area contributed by atoms with Crippen molar-refractivity contribution in [1.29, 1.82) is 0 Å². The molecular weight excluding hydrogens is 479 g/mol. The molecule has 1 saturated carbocycles. The van der Waals surface area contributed by atoms with Crippen LogP contribution in [-0.2, 0) is 52.0 Å². The number of halogens is 1. The Morgan fingerprint density at radius 3 is 2.53 bits per heavy atom. The summed E-state index contributed by atoms with van der Waals surface area (Å²) in [7, 11) is 0. The molecule has 30 heavy (non-hydrogen) atoms. The smallest absolute Gasteiger partial charge is 0.166 e. The van der Waals surface area contributed by atoms with Gasteiger partial charge in [0.2, 0.25) is 0 Å². The number of nitro groups is 1. The molecule has 3 rings (SSSR count). The Kier molecular flexibility index (Phi) is 10.4. The molecule has 0 heterocycles. The van der Waals surface area contributed by atoms with E-state index in [2.05, 4.69) is 18.2 Å². The molecule has 5 nitrogen and oxygen atoms in total. The third-order valence-corrected chi connectivity index (χ3v) is 6.51. The van der Waals surface area contributed by atoms with Gasteiger partial charge in [-0.1, -0.05) is 29.8 Å². The predicted octanol–water partition coefficient (Wildman–Crippen LogP) is 4.10. The van der Waals surface area contributed by atoms with Crippen molar-refractivity contribution in [3.63, 3.8) is 0 Å². The maximum atomic E-state index is 11.2. The van der Waals surface area contributed by atoms with Crippen molar-refractivity contribution >= 4 is 17.3 Å². The first-order chi connectivity index (χ1) is 14.0. The minimum atomic E-state index is -0.474. The van der Waals surface area contributed by atoms with Crippen molar-refractivity contribution < 1.29 is 47.8 Å². The monoisotopic (exact) mass is 505 g/mol. The van der Waals surface area contributed by atoms with Crippen LogP contribution in [-0.4, -0.2) is 33.2 Å². The van der Waals surface area contributed by atoms with Crippen molar-refractivity contribution in [2.75, 3.05) is 6.61 Å². The molecule has 159 valence electrons. The summed E-state index contributed by atoms with van der Waals surface area (Å²) in [5.74, 6) is 0.199. The average molecular weight is 506 g/mol. The van der Waals surface area contributed by atoms with Crippen LogP contribution in [0, 0.1) is 28.0 Å². The second-order valence-corrected chi connectivity index (χ2v) is 8.39. The van der Waals surface area contributed by atoms with Gasteiger partial charge in [0, 0.05) is 49.6 Å². The fourth-order valence-electron chi connectivity index (χ4n) is 4.50. The summed E-state index contributed by atoms with van der Waals surface area (Å²) in [6, 6.07) is 15.8. The Bertz CT molecular complexity index is 834. The van der Waals surface area contributed by atoms with E-state index in [1.165, 1.54) is 11.6 Å². The largest absolute Gasteiger partial charge is 0.396 e. The summed E-state index contributed by atoms with van der Waals surface area (Å²) in [5.41, 5.74) is 3.08. The van der Waals surface area contributed by atoms with Gasteiger partial charge in [0.05, 0.1) is 6.10 Å². The third-order valence-electron chi connectivity index (χ3n) is 6.01. The molecule has 7 heteroatoms. The summed E-state index contributed by atoms with van der Waals surface area (Å²) in [6.45, 7) is 0.132. The van der Waals surface area contributed by atoms with Crippen LogP contribution in [0.4, 0.5) is 5.69 Å². The van der Waals surface area contributed by atoms with E-state index in [-0.39, 0.29) is 67.1 Å². The first kappa shape index (κ1) is 25.4. The second kappa shape index (κ2) is 12.3. The van der Waals surface area contributed by atoms with E-state index >= 15 is 0 Å². The summed E-state index contributed by atoms with van der Waals surface area (Å²) in [5, 5.41) is 30.8. The number of rotatable bonds is 9. The summed E-state index contributed by atoms with van der Waals surface area (Å²) < 4.78 is 0. The molecule has 1 radical (unpaired) electrons. The van der Waals surface area contributed by atoms with Gasteiger partial charge in [-0.25, -0.2) is 0 Å². The van der Waals surface area contributed by atoms with Crippen molar-refractivity contribution in [2.45, 2.75) is 50.0 Å². The van der Waals surface area contributed by atoms with Crippen LogP contribution < -0.4 is 0 Å². The molecule has 2 aromatic rings. The predicted molar refractivity (Wildman–Crippen MR) is 113 cm³/mol. The van der Waals surface area contributed by atoms with Crippen LogP contribution in [0.1, 0.15) is 36.0 Å². The van der Waals surface area contributed by atoms with Crippen molar-refractivity contribution in [3.05, 3.63) is 75.3 Å². The number of nitro benzene ring substituents is 1. The number of nitrogens with zero attached hydrogens (tertiary/aromatic N) is 1. The van der Waals surface area contributed by atoms with Crippen LogP contribution in [0.15, 0.2) is 42.5 Å². The quantitative estimate of drug-likeness (QED) is 0.233. The third kappa shape index (κ3) is 6.57. The standard InChI is InChI=1S/C23H27ClNO4.Y/c24-21-15-23(27)20(11-9-18-6-1-2-7-22(18)25(28)29)19(21)10-8-16-4-3-5-17(14-16)12-13-26;/h1,3-7,14,19-21,23,26-27H,8-13,15H2;/q-1;/t19-,20-,21?,23?;/m1./s1. The fourth-order valence-corrected chi connectivity index (χ4v) is 4.99. The van der Waals surface area contributed by atoms with Gasteiger partial charge in [-0.2, -0.15) is 18.2 Å². The molecule has 1 aliphatic rings. The number of aliphatic hydroxyl groups is 2. The molecule has 0 aromatic heterocycles. The molecule has 2 unspecified atom stereocenters. The van der Waals surface area contributed by atoms with E-state index in [4.69, 9.17) is 16.7 Å². The van der Waals surface area contributed by atoms with Gasteiger partial charge >= 0.3 is 0 Å². The molecule has 2 aromatic carbocycles. The van der Waals surface area contributed by atoms with Crippen LogP contribution in [0.25, 0.3) is 0 Å². The first-order valence-corrected chi connectivity index (χ1v) is 10.6. The SMILES string of the molecule is O=[N+]([O-])c1c[c-]ccc1CC[C@H]1C(O)CC(Cl)[C@@H]1CCc1cccc(CCO)c1.[Y]. The molecule has 0 bridgehead atoms. The van der Waals surface area contributed by atoms with Gasteiger partial charge in [0.25, 0.3) is 0 Å². The van der Waals surface area contributed by atoms with Crippen LogP contribution in [0.3, 0.4) is 0 Å². The maximum Gasteiger partial charge on any atom is 0.166 e. The van der Waals surface area contributed by atoms with Gasteiger partial charge in [0.15, 0.2) is 5.69 Å². The molecule has 0 aliphatic heterocycles. The number of aryl methyl sites for hydroxylation is 2. The minimum absolute atomic E-state index is 0. The van der Waals surface area contributed by atoms with Crippen molar-refractivity contribution in [3.8, 4) is 0 Å².